The Bertz CT molecular complexity index is 256. The number of aryl methyl sites for hydroxylation is 1. The molecule has 10 heavy (non-hydrogen) atoms. The molecule has 0 aromatic carbocycles. The van der Waals surface area contributed by atoms with Gasteiger partial charge in [0.15, 0.2) is 0 Å². The van der Waals surface area contributed by atoms with Gasteiger partial charge in [-0.1, -0.05) is 11.8 Å². The highest BCUT2D eigenvalue weighted by atomic mass is 15.4. The van der Waals surface area contributed by atoms with E-state index in [1.165, 1.54) is 0 Å². The van der Waals surface area contributed by atoms with Gasteiger partial charge in [-0.15, -0.1) is 10.8 Å². The average Bonchev–Trinajstić information content (AvgIpc) is 2.31. The van der Waals surface area contributed by atoms with E-state index < -0.39 is 0 Å². The Balaban J connectivity index is 2.66. The van der Waals surface area contributed by atoms with Crippen LogP contribution >= 0.6 is 0 Å². The summed E-state index contributed by atoms with van der Waals surface area (Å²) in [4.78, 5) is 0. The Hall–Kier alpha value is -1.34. The van der Waals surface area contributed by atoms with E-state index in [4.69, 9.17) is 0 Å². The first-order valence-corrected chi connectivity index (χ1v) is 3.04. The van der Waals surface area contributed by atoms with Gasteiger partial charge in [0.05, 0.1) is 12.2 Å². The fourth-order valence-corrected chi connectivity index (χ4v) is 0.643. The fraction of sp³-hybridized carbons (Fsp3) is 0.286. The molecule has 0 aliphatic heterocycles. The van der Waals surface area contributed by atoms with Crippen molar-refractivity contribution >= 4 is 0 Å². The molecule has 0 atom stereocenters. The van der Waals surface area contributed by atoms with E-state index in [0.29, 0.717) is 6.54 Å². The van der Waals surface area contributed by atoms with Crippen LogP contribution in [-0.2, 0) is 6.54 Å². The molecule has 0 aliphatic carbocycles. The van der Waals surface area contributed by atoms with E-state index in [1.807, 2.05) is 13.1 Å². The maximum Gasteiger partial charge on any atom is 0.0796 e. The molecule has 0 aliphatic rings. The van der Waals surface area contributed by atoms with E-state index >= 15 is 0 Å². The molecule has 0 bridgehead atoms. The summed E-state index contributed by atoms with van der Waals surface area (Å²) >= 11 is 0. The van der Waals surface area contributed by atoms with Crippen LogP contribution in [0.1, 0.15) is 5.69 Å². The standard InChI is InChI=1S/C7H9N3/c1-3-4-5-10-6-7(2)8-9-10/h4,6H,1,5H2,2H3. The third-order valence-electron chi connectivity index (χ3n) is 1.08. The zero-order chi connectivity index (χ0) is 7.40. The van der Waals surface area contributed by atoms with Crippen LogP contribution < -0.4 is 0 Å². The Labute approximate surface area is 59.7 Å². The average molecular weight is 135 g/mol. The first-order valence-electron chi connectivity index (χ1n) is 3.04. The molecule has 52 valence electrons. The summed E-state index contributed by atoms with van der Waals surface area (Å²) in [6, 6.07) is 0. The number of hydrogen-bond acceptors (Lipinski definition) is 2. The van der Waals surface area contributed by atoms with Crippen LogP contribution in [0, 0.1) is 6.92 Å². The van der Waals surface area contributed by atoms with Gasteiger partial charge in [0.25, 0.3) is 0 Å². The molecule has 1 aromatic rings. The summed E-state index contributed by atoms with van der Waals surface area (Å²) in [5, 5.41) is 7.64. The zero-order valence-electron chi connectivity index (χ0n) is 5.91. The summed E-state index contributed by atoms with van der Waals surface area (Å²) in [7, 11) is 0. The van der Waals surface area contributed by atoms with Crippen LogP contribution in [0.5, 0.6) is 0 Å². The molecule has 1 aromatic heterocycles. The third kappa shape index (κ3) is 1.57. The van der Waals surface area contributed by atoms with E-state index in [0.717, 1.165) is 5.69 Å². The predicted molar refractivity (Wildman–Crippen MR) is 38.5 cm³/mol. The van der Waals surface area contributed by atoms with Gasteiger partial charge in [0, 0.05) is 6.20 Å². The second kappa shape index (κ2) is 2.99. The molecular weight excluding hydrogens is 126 g/mol. The van der Waals surface area contributed by atoms with E-state index in [1.54, 1.807) is 10.8 Å². The minimum Gasteiger partial charge on any atom is -0.248 e. The van der Waals surface area contributed by atoms with Crippen molar-refractivity contribution in [3.8, 4) is 0 Å². The predicted octanol–water partition coefficient (Wildman–Crippen LogP) is 0.928. The second-order valence-corrected chi connectivity index (χ2v) is 1.99. The molecule has 0 saturated carbocycles. The maximum atomic E-state index is 3.82. The van der Waals surface area contributed by atoms with Crippen molar-refractivity contribution in [2.24, 2.45) is 0 Å². The van der Waals surface area contributed by atoms with E-state index in [2.05, 4.69) is 22.6 Å². The molecule has 3 heteroatoms. The molecule has 0 saturated heterocycles. The van der Waals surface area contributed by atoms with Crippen molar-refractivity contribution in [1.82, 2.24) is 15.0 Å². The minimum atomic E-state index is 0.699. The normalized spacial score (nSPS) is 8.90. The van der Waals surface area contributed by atoms with Gasteiger partial charge in [0.2, 0.25) is 0 Å². The maximum absolute atomic E-state index is 3.82. The van der Waals surface area contributed by atoms with E-state index in [9.17, 15) is 0 Å². The number of aromatic nitrogens is 3. The molecule has 0 unspecified atom stereocenters. The quantitative estimate of drug-likeness (QED) is 0.565. The Kier molecular flexibility index (Phi) is 2.03. The number of hydrogen-bond donors (Lipinski definition) is 0. The first kappa shape index (κ1) is 6.78. The van der Waals surface area contributed by atoms with Crippen LogP contribution in [0.3, 0.4) is 0 Å². The first-order chi connectivity index (χ1) is 4.83. The molecular formula is C7H9N3. The van der Waals surface area contributed by atoms with E-state index in [-0.39, 0.29) is 0 Å². The van der Waals surface area contributed by atoms with Gasteiger partial charge >= 0.3 is 0 Å². The van der Waals surface area contributed by atoms with Crippen LogP contribution in [-0.4, -0.2) is 15.0 Å². The Morgan fingerprint density at radius 2 is 2.70 bits per heavy atom. The van der Waals surface area contributed by atoms with Crippen molar-refractivity contribution in [2.75, 3.05) is 0 Å². The highest BCUT2D eigenvalue weighted by Gasteiger charge is 1.89. The summed E-state index contributed by atoms with van der Waals surface area (Å²) in [5.74, 6) is 0. The molecule has 1 rings (SSSR count). The van der Waals surface area contributed by atoms with Crippen molar-refractivity contribution < 1.29 is 0 Å². The van der Waals surface area contributed by atoms with Crippen LogP contribution in [0.2, 0.25) is 0 Å². The van der Waals surface area contributed by atoms with Gasteiger partial charge in [-0.05, 0) is 13.0 Å². The lowest BCUT2D eigenvalue weighted by Gasteiger charge is -1.87. The third-order valence-corrected chi connectivity index (χ3v) is 1.08. The zero-order valence-corrected chi connectivity index (χ0v) is 5.91. The van der Waals surface area contributed by atoms with Crippen molar-refractivity contribution in [1.29, 1.82) is 0 Å². The topological polar surface area (TPSA) is 30.7 Å². The van der Waals surface area contributed by atoms with Gasteiger partial charge in [-0.2, -0.15) is 0 Å². The SMILES string of the molecule is C=C=CCn1cc(C)nn1. The lowest BCUT2D eigenvalue weighted by Crippen LogP contribution is -1.94. The van der Waals surface area contributed by atoms with Crippen molar-refractivity contribution in [2.45, 2.75) is 13.5 Å². The minimum absolute atomic E-state index is 0.699. The van der Waals surface area contributed by atoms with Gasteiger partial charge in [-0.25, -0.2) is 4.68 Å². The van der Waals surface area contributed by atoms with Crippen LogP contribution in [0.15, 0.2) is 24.6 Å². The molecule has 0 spiro atoms. The second-order valence-electron chi connectivity index (χ2n) is 1.99. The molecule has 0 radical (unpaired) electrons. The number of rotatable bonds is 2. The highest BCUT2D eigenvalue weighted by molar-refractivity contribution is 4.88. The van der Waals surface area contributed by atoms with Crippen LogP contribution in [0.25, 0.3) is 0 Å². The molecule has 0 fully saturated rings. The number of allylic oxidation sites excluding steroid dienone is 1. The van der Waals surface area contributed by atoms with Crippen molar-refractivity contribution in [3.05, 3.63) is 30.3 Å². The lowest BCUT2D eigenvalue weighted by atomic mass is 10.5. The van der Waals surface area contributed by atoms with Gasteiger partial charge in [0.1, 0.15) is 0 Å². The summed E-state index contributed by atoms with van der Waals surface area (Å²) in [5.41, 5.74) is 3.59. The molecule has 1 heterocycles. The smallest absolute Gasteiger partial charge is 0.0796 e. The summed E-state index contributed by atoms with van der Waals surface area (Å²) in [6.45, 7) is 6.04. The molecule has 3 nitrogen and oxygen atoms in total. The van der Waals surface area contributed by atoms with Gasteiger partial charge in [-0.3, -0.25) is 0 Å². The fourth-order valence-electron chi connectivity index (χ4n) is 0.643. The highest BCUT2D eigenvalue weighted by Crippen LogP contribution is 1.88. The summed E-state index contributed by atoms with van der Waals surface area (Å²) in [6.07, 6.45) is 3.67. The Morgan fingerprint density at radius 1 is 1.90 bits per heavy atom. The largest absolute Gasteiger partial charge is 0.248 e. The lowest BCUT2D eigenvalue weighted by molar-refractivity contribution is 0.662. The van der Waals surface area contributed by atoms with Crippen LogP contribution in [0.4, 0.5) is 0 Å². The summed E-state index contributed by atoms with van der Waals surface area (Å²) < 4.78 is 1.73. The molecule has 0 amide bonds. The monoisotopic (exact) mass is 135 g/mol. The molecule has 0 N–H and O–H groups in total. The number of nitrogens with zero attached hydrogens (tertiary/aromatic N) is 3. The Morgan fingerprint density at radius 3 is 3.20 bits per heavy atom. The van der Waals surface area contributed by atoms with Gasteiger partial charge < -0.3 is 0 Å². The van der Waals surface area contributed by atoms with Crippen molar-refractivity contribution in [3.63, 3.8) is 0 Å².